The van der Waals surface area contributed by atoms with Crippen LogP contribution < -0.4 is 5.73 Å². The Kier molecular flexibility index (Phi) is 3.65. The number of H-pyrrole nitrogens is 1. The molecular weight excluding hydrogens is 316 g/mol. The topological polar surface area (TPSA) is 95.2 Å². The van der Waals surface area contributed by atoms with Crippen LogP contribution in [-0.2, 0) is 0 Å². The molecule has 25 heavy (non-hydrogen) atoms. The van der Waals surface area contributed by atoms with E-state index in [2.05, 4.69) is 34.5 Å². The number of rotatable bonds is 2. The molecule has 0 saturated carbocycles. The van der Waals surface area contributed by atoms with Gasteiger partial charge in [-0.25, -0.2) is 4.79 Å². The molecular formula is C19H18N4O2. The Bertz CT molecular complexity index is 973. The summed E-state index contributed by atoms with van der Waals surface area (Å²) in [6, 6.07) is 14.3. The molecule has 0 atom stereocenters. The lowest BCUT2D eigenvalue weighted by atomic mass is 9.95. The second-order valence-corrected chi connectivity index (χ2v) is 6.12. The van der Waals surface area contributed by atoms with Crippen LogP contribution in [0, 0.1) is 0 Å². The highest BCUT2D eigenvalue weighted by atomic mass is 16.4. The van der Waals surface area contributed by atoms with E-state index >= 15 is 0 Å². The highest BCUT2D eigenvalue weighted by Crippen LogP contribution is 2.32. The maximum atomic E-state index is 11.0. The molecule has 1 aliphatic heterocycles. The van der Waals surface area contributed by atoms with Crippen molar-refractivity contribution in [2.24, 2.45) is 0 Å². The summed E-state index contributed by atoms with van der Waals surface area (Å²) in [4.78, 5) is 12.4. The number of carboxylic acid groups (broad SMARTS) is 1. The minimum Gasteiger partial charge on any atom is -0.465 e. The molecule has 0 saturated heterocycles. The fourth-order valence-corrected chi connectivity index (χ4v) is 3.31. The molecule has 1 aliphatic rings. The summed E-state index contributed by atoms with van der Waals surface area (Å²) >= 11 is 0. The number of hydrogen-bond donors (Lipinski definition) is 3. The first-order valence-electron chi connectivity index (χ1n) is 8.14. The van der Waals surface area contributed by atoms with Gasteiger partial charge in [-0.1, -0.05) is 42.5 Å². The van der Waals surface area contributed by atoms with Crippen molar-refractivity contribution in [2.45, 2.75) is 6.42 Å². The molecule has 0 fully saturated rings. The van der Waals surface area contributed by atoms with Crippen LogP contribution >= 0.6 is 0 Å². The normalized spacial score (nSPS) is 14.6. The van der Waals surface area contributed by atoms with E-state index in [1.807, 2.05) is 24.3 Å². The zero-order chi connectivity index (χ0) is 17.4. The van der Waals surface area contributed by atoms with Crippen LogP contribution in [0.2, 0.25) is 0 Å². The Morgan fingerprint density at radius 2 is 1.92 bits per heavy atom. The zero-order valence-corrected chi connectivity index (χ0v) is 13.6. The Balaban J connectivity index is 1.64. The maximum Gasteiger partial charge on any atom is 0.407 e. The maximum absolute atomic E-state index is 11.0. The summed E-state index contributed by atoms with van der Waals surface area (Å²) in [5.41, 5.74) is 11.3. The van der Waals surface area contributed by atoms with Gasteiger partial charge in [0.25, 0.3) is 0 Å². The van der Waals surface area contributed by atoms with E-state index in [-0.39, 0.29) is 0 Å². The van der Waals surface area contributed by atoms with Gasteiger partial charge in [-0.3, -0.25) is 5.10 Å². The van der Waals surface area contributed by atoms with Crippen LogP contribution in [0.1, 0.15) is 12.0 Å². The second-order valence-electron chi connectivity index (χ2n) is 6.12. The quantitative estimate of drug-likeness (QED) is 0.667. The molecule has 0 aliphatic carbocycles. The van der Waals surface area contributed by atoms with Gasteiger partial charge in [-0.15, -0.1) is 0 Å². The van der Waals surface area contributed by atoms with E-state index in [0.29, 0.717) is 18.9 Å². The van der Waals surface area contributed by atoms with E-state index in [4.69, 9.17) is 10.8 Å². The van der Waals surface area contributed by atoms with Crippen molar-refractivity contribution < 1.29 is 9.90 Å². The molecule has 2 heterocycles. The first-order chi connectivity index (χ1) is 12.1. The molecule has 0 bridgehead atoms. The number of nitrogens with two attached hydrogens (primary N) is 1. The van der Waals surface area contributed by atoms with Crippen molar-refractivity contribution in [3.05, 3.63) is 54.1 Å². The van der Waals surface area contributed by atoms with Crippen molar-refractivity contribution in [1.82, 2.24) is 15.1 Å². The zero-order valence-electron chi connectivity index (χ0n) is 13.6. The van der Waals surface area contributed by atoms with Crippen LogP contribution in [0.4, 0.5) is 10.6 Å². The number of nitrogens with one attached hydrogen (secondary N) is 1. The number of hydrogen-bond acceptors (Lipinski definition) is 3. The number of nitrogen functional groups attached to an aromatic ring is 1. The lowest BCUT2D eigenvalue weighted by molar-refractivity contribution is 0.150. The number of carbonyl (C=O) groups is 1. The number of fused-ring (bicyclic) bond motifs is 1. The van der Waals surface area contributed by atoms with Gasteiger partial charge < -0.3 is 15.7 Å². The third-order valence-electron chi connectivity index (χ3n) is 4.66. The number of nitrogens with zero attached hydrogens (tertiary/aromatic N) is 2. The Morgan fingerprint density at radius 1 is 1.16 bits per heavy atom. The van der Waals surface area contributed by atoms with E-state index in [0.717, 1.165) is 34.0 Å². The smallest absolute Gasteiger partial charge is 0.407 e. The van der Waals surface area contributed by atoms with Gasteiger partial charge in [0.05, 0.1) is 10.9 Å². The van der Waals surface area contributed by atoms with Gasteiger partial charge in [-0.05, 0) is 34.8 Å². The highest BCUT2D eigenvalue weighted by molar-refractivity contribution is 6.01. The summed E-state index contributed by atoms with van der Waals surface area (Å²) in [5.74, 6) is 0.499. The van der Waals surface area contributed by atoms with Crippen LogP contribution in [0.25, 0.3) is 27.6 Å². The molecule has 3 aromatic rings. The summed E-state index contributed by atoms with van der Waals surface area (Å²) in [5, 5.41) is 17.0. The van der Waals surface area contributed by atoms with E-state index in [1.54, 1.807) is 0 Å². The molecule has 1 aromatic heterocycles. The van der Waals surface area contributed by atoms with Crippen molar-refractivity contribution in [2.75, 3.05) is 18.8 Å². The Morgan fingerprint density at radius 3 is 2.60 bits per heavy atom. The van der Waals surface area contributed by atoms with Crippen molar-refractivity contribution in [1.29, 1.82) is 0 Å². The highest BCUT2D eigenvalue weighted by Gasteiger charge is 2.17. The summed E-state index contributed by atoms with van der Waals surface area (Å²) in [6.07, 6.45) is 1.86. The number of aromatic amines is 1. The molecule has 1 amide bonds. The van der Waals surface area contributed by atoms with Crippen molar-refractivity contribution >= 4 is 28.4 Å². The lowest BCUT2D eigenvalue weighted by Crippen LogP contribution is -2.33. The van der Waals surface area contributed by atoms with Gasteiger partial charge in [0.15, 0.2) is 5.82 Å². The van der Waals surface area contributed by atoms with Crippen LogP contribution in [0.5, 0.6) is 0 Å². The van der Waals surface area contributed by atoms with Crippen LogP contribution in [0.15, 0.2) is 48.5 Å². The third-order valence-corrected chi connectivity index (χ3v) is 4.66. The largest absolute Gasteiger partial charge is 0.465 e. The summed E-state index contributed by atoms with van der Waals surface area (Å²) < 4.78 is 0. The minimum absolute atomic E-state index is 0.442. The predicted molar refractivity (Wildman–Crippen MR) is 98.1 cm³/mol. The van der Waals surface area contributed by atoms with Crippen LogP contribution in [0.3, 0.4) is 0 Å². The van der Waals surface area contributed by atoms with Gasteiger partial charge in [-0.2, -0.15) is 5.10 Å². The van der Waals surface area contributed by atoms with Gasteiger partial charge in [0, 0.05) is 13.1 Å². The van der Waals surface area contributed by atoms with Gasteiger partial charge in [0.2, 0.25) is 0 Å². The lowest BCUT2D eigenvalue weighted by Gasteiger charge is -2.23. The average molecular weight is 334 g/mol. The standard InChI is InChI=1S/C19H18N4O2/c20-18-17-15(2-1-3-16(17)21-22-18)14-6-4-12(5-7-14)13-8-10-23(11-9-13)19(24)25/h1-8H,9-11H2,(H,24,25)(H3,20,21,22). The third kappa shape index (κ3) is 2.71. The molecule has 0 spiro atoms. The molecule has 6 nitrogen and oxygen atoms in total. The SMILES string of the molecule is Nc1n[nH]c2cccc(-c3ccc(C4=CCN(C(=O)O)CC4)cc3)c12. The summed E-state index contributed by atoms with van der Waals surface area (Å²) in [7, 11) is 0. The molecule has 6 heteroatoms. The molecule has 4 rings (SSSR count). The van der Waals surface area contributed by atoms with Crippen molar-refractivity contribution in [3.63, 3.8) is 0 Å². The van der Waals surface area contributed by atoms with E-state index in [9.17, 15) is 4.79 Å². The summed E-state index contributed by atoms with van der Waals surface area (Å²) in [6.45, 7) is 0.977. The number of anilines is 1. The van der Waals surface area contributed by atoms with Gasteiger partial charge in [0.1, 0.15) is 0 Å². The van der Waals surface area contributed by atoms with E-state index in [1.165, 1.54) is 10.5 Å². The molecule has 2 aromatic carbocycles. The first kappa shape index (κ1) is 15.3. The molecule has 4 N–H and O–H groups in total. The van der Waals surface area contributed by atoms with Gasteiger partial charge >= 0.3 is 6.09 Å². The number of amides is 1. The number of benzene rings is 2. The molecule has 0 unspecified atom stereocenters. The average Bonchev–Trinajstić information content (AvgIpc) is 3.03. The Hall–Kier alpha value is -3.28. The fraction of sp³-hybridized carbons (Fsp3) is 0.158. The Labute approximate surface area is 144 Å². The second kappa shape index (κ2) is 5.98. The molecule has 126 valence electrons. The fourth-order valence-electron chi connectivity index (χ4n) is 3.31. The van der Waals surface area contributed by atoms with E-state index < -0.39 is 6.09 Å². The first-order valence-corrected chi connectivity index (χ1v) is 8.14. The van der Waals surface area contributed by atoms with Crippen LogP contribution in [-0.4, -0.2) is 39.4 Å². The monoisotopic (exact) mass is 334 g/mol. The predicted octanol–water partition coefficient (Wildman–Crippen LogP) is 3.58. The van der Waals surface area contributed by atoms with Crippen molar-refractivity contribution in [3.8, 4) is 11.1 Å². The number of aromatic nitrogens is 2. The molecule has 0 radical (unpaired) electrons. The minimum atomic E-state index is -0.864.